The largest absolute Gasteiger partial charge is 0.444 e. The number of ether oxygens (including phenoxy) is 1. The Balaban J connectivity index is 1.85. The summed E-state index contributed by atoms with van der Waals surface area (Å²) in [5.74, 6) is -0.245. The Morgan fingerprint density at radius 2 is 2.07 bits per heavy atom. The van der Waals surface area contributed by atoms with Gasteiger partial charge in [-0.3, -0.25) is 4.90 Å². The van der Waals surface area contributed by atoms with Crippen LogP contribution in [0.3, 0.4) is 0 Å². The maximum Gasteiger partial charge on any atom is 0.410 e. The van der Waals surface area contributed by atoms with Crippen molar-refractivity contribution in [1.29, 1.82) is 0 Å². The maximum absolute atomic E-state index is 13.4. The Morgan fingerprint density at radius 3 is 2.70 bits per heavy atom. The van der Waals surface area contributed by atoms with Crippen LogP contribution in [0.25, 0.3) is 0 Å². The van der Waals surface area contributed by atoms with Crippen LogP contribution in [0, 0.1) is 12.7 Å². The monoisotopic (exact) mass is 374 g/mol. The minimum atomic E-state index is -0.538. The highest BCUT2D eigenvalue weighted by atomic mass is 19.1. The highest BCUT2D eigenvalue weighted by molar-refractivity contribution is 5.69. The van der Waals surface area contributed by atoms with E-state index in [1.807, 2.05) is 46.2 Å². The van der Waals surface area contributed by atoms with Gasteiger partial charge in [-0.1, -0.05) is 11.3 Å². The molecule has 1 amide bonds. The van der Waals surface area contributed by atoms with Crippen molar-refractivity contribution in [3.63, 3.8) is 0 Å². The molecule has 2 aromatic rings. The second-order valence-electron chi connectivity index (χ2n) is 8.27. The molecule has 0 bridgehead atoms. The zero-order chi connectivity index (χ0) is 19.9. The van der Waals surface area contributed by atoms with Gasteiger partial charge < -0.3 is 4.74 Å². The number of hydrogen-bond acceptors (Lipinski definition) is 4. The van der Waals surface area contributed by atoms with Gasteiger partial charge in [0.2, 0.25) is 0 Å². The number of hydrogen-bond donors (Lipinski definition) is 0. The first kappa shape index (κ1) is 19.3. The molecule has 0 spiro atoms. The topological polar surface area (TPSA) is 60.2 Å². The fourth-order valence-corrected chi connectivity index (χ4v) is 3.50. The Bertz CT molecular complexity index is 856. The average Bonchev–Trinajstić information content (AvgIpc) is 2.94. The van der Waals surface area contributed by atoms with Gasteiger partial charge in [-0.25, -0.2) is 13.9 Å². The molecule has 2 atom stereocenters. The van der Waals surface area contributed by atoms with Gasteiger partial charge in [0, 0.05) is 12.5 Å². The van der Waals surface area contributed by atoms with Crippen molar-refractivity contribution in [3.8, 4) is 0 Å². The fraction of sp³-hybridized carbons (Fsp3) is 0.550. The van der Waals surface area contributed by atoms with E-state index in [0.717, 1.165) is 22.5 Å². The molecule has 0 saturated heterocycles. The lowest BCUT2D eigenvalue weighted by Gasteiger charge is -2.34. The van der Waals surface area contributed by atoms with Crippen LogP contribution >= 0.6 is 0 Å². The Labute approximate surface area is 159 Å². The smallest absolute Gasteiger partial charge is 0.410 e. The van der Waals surface area contributed by atoms with Crippen molar-refractivity contribution in [3.05, 3.63) is 46.5 Å². The van der Waals surface area contributed by atoms with Crippen molar-refractivity contribution in [1.82, 2.24) is 19.9 Å². The van der Waals surface area contributed by atoms with Gasteiger partial charge >= 0.3 is 6.09 Å². The lowest BCUT2D eigenvalue weighted by Crippen LogP contribution is -2.45. The van der Waals surface area contributed by atoms with E-state index in [4.69, 9.17) is 4.74 Å². The summed E-state index contributed by atoms with van der Waals surface area (Å²) in [6, 6.07) is 4.70. The number of carbonyl (C=O) groups excluding carboxylic acids is 1. The van der Waals surface area contributed by atoms with Gasteiger partial charge in [0.1, 0.15) is 17.1 Å². The molecule has 0 fully saturated rings. The predicted molar refractivity (Wildman–Crippen MR) is 99.9 cm³/mol. The summed E-state index contributed by atoms with van der Waals surface area (Å²) in [6.45, 7) is 11.9. The minimum absolute atomic E-state index is 0.0221. The van der Waals surface area contributed by atoms with Crippen LogP contribution in [0.5, 0.6) is 0 Å². The number of nitrogens with zero attached hydrogens (tertiary/aromatic N) is 4. The summed E-state index contributed by atoms with van der Waals surface area (Å²) in [5, 5.41) is 8.64. The molecule has 146 valence electrons. The molecular weight excluding hydrogens is 347 g/mol. The minimum Gasteiger partial charge on any atom is -0.444 e. The van der Waals surface area contributed by atoms with E-state index >= 15 is 0 Å². The van der Waals surface area contributed by atoms with Crippen LogP contribution in [0.15, 0.2) is 18.2 Å². The van der Waals surface area contributed by atoms with Crippen molar-refractivity contribution in [2.45, 2.75) is 72.2 Å². The van der Waals surface area contributed by atoms with E-state index in [1.165, 1.54) is 12.1 Å². The van der Waals surface area contributed by atoms with Crippen LogP contribution in [-0.4, -0.2) is 37.6 Å². The van der Waals surface area contributed by atoms with E-state index in [0.29, 0.717) is 13.0 Å². The molecule has 0 N–H and O–H groups in total. The molecule has 6 nitrogen and oxygen atoms in total. The number of rotatable bonds is 2. The van der Waals surface area contributed by atoms with Crippen molar-refractivity contribution in [2.75, 3.05) is 0 Å². The Morgan fingerprint density at radius 1 is 1.37 bits per heavy atom. The van der Waals surface area contributed by atoms with Crippen molar-refractivity contribution >= 4 is 6.09 Å². The molecule has 1 aromatic heterocycles. The Hall–Kier alpha value is -2.44. The van der Waals surface area contributed by atoms with Crippen LogP contribution < -0.4 is 0 Å². The molecular formula is C20H27FN4O2. The molecule has 0 radical (unpaired) electrons. The molecule has 0 saturated carbocycles. The first-order valence-corrected chi connectivity index (χ1v) is 9.25. The average molecular weight is 374 g/mol. The molecule has 1 aromatic carbocycles. The maximum atomic E-state index is 13.4. The zero-order valence-electron chi connectivity index (χ0n) is 16.8. The molecule has 1 aliphatic heterocycles. The molecule has 2 heterocycles. The highest BCUT2D eigenvalue weighted by Gasteiger charge is 2.34. The third-order valence-corrected chi connectivity index (χ3v) is 4.89. The molecule has 7 heteroatoms. The lowest BCUT2D eigenvalue weighted by molar-refractivity contribution is 0.0132. The second-order valence-corrected chi connectivity index (χ2v) is 8.27. The van der Waals surface area contributed by atoms with Crippen LogP contribution in [0.1, 0.15) is 63.2 Å². The summed E-state index contributed by atoms with van der Waals surface area (Å²) < 4.78 is 20.8. The summed E-state index contributed by atoms with van der Waals surface area (Å²) in [7, 11) is 0. The van der Waals surface area contributed by atoms with Gasteiger partial charge in [-0.05, 0) is 64.8 Å². The molecule has 3 rings (SSSR count). The van der Waals surface area contributed by atoms with E-state index in [2.05, 4.69) is 10.3 Å². The third-order valence-electron chi connectivity index (χ3n) is 4.89. The van der Waals surface area contributed by atoms with Gasteiger partial charge in [0.15, 0.2) is 0 Å². The van der Waals surface area contributed by atoms with Gasteiger partial charge in [0.05, 0.1) is 18.3 Å². The van der Waals surface area contributed by atoms with Crippen LogP contribution in [0.2, 0.25) is 0 Å². The number of halogens is 1. The highest BCUT2D eigenvalue weighted by Crippen LogP contribution is 2.29. The second kappa shape index (κ2) is 6.94. The number of aryl methyl sites for hydroxylation is 1. The summed E-state index contributed by atoms with van der Waals surface area (Å²) >= 11 is 0. The molecule has 0 aliphatic carbocycles. The van der Waals surface area contributed by atoms with Crippen LogP contribution in [0.4, 0.5) is 9.18 Å². The van der Waals surface area contributed by atoms with Gasteiger partial charge in [0.25, 0.3) is 0 Å². The van der Waals surface area contributed by atoms with E-state index in [9.17, 15) is 9.18 Å². The standard InChI is InChI=1S/C20H27FN4O2/c1-12-9-15(21)7-8-16(12)14(3)25-18-10-13(2)24(11-17(18)22-23-25)19(26)27-20(4,5)6/h7-9,13-14H,10-11H2,1-6H3/t13-,14?/m1/s1. The Kier molecular flexibility index (Phi) is 4.97. The third kappa shape index (κ3) is 3.96. The summed E-state index contributed by atoms with van der Waals surface area (Å²) in [6.07, 6.45) is 0.309. The molecule has 1 unspecified atom stereocenters. The summed E-state index contributed by atoms with van der Waals surface area (Å²) in [5.41, 5.74) is 3.14. The molecule has 1 aliphatic rings. The summed E-state index contributed by atoms with van der Waals surface area (Å²) in [4.78, 5) is 14.2. The fourth-order valence-electron chi connectivity index (χ4n) is 3.50. The van der Waals surface area contributed by atoms with Crippen LogP contribution in [-0.2, 0) is 17.7 Å². The number of benzene rings is 1. The SMILES string of the molecule is Cc1cc(F)ccc1C(C)n1nnc2c1C[C@@H](C)N(C(=O)OC(C)(C)C)C2. The van der Waals surface area contributed by atoms with Gasteiger partial charge in [-0.2, -0.15) is 0 Å². The normalized spacial score (nSPS) is 18.2. The quantitative estimate of drug-likeness (QED) is 0.797. The van der Waals surface area contributed by atoms with E-state index in [-0.39, 0.29) is 24.0 Å². The number of carbonyl (C=O) groups is 1. The van der Waals surface area contributed by atoms with E-state index < -0.39 is 5.60 Å². The van der Waals surface area contributed by atoms with Gasteiger partial charge in [-0.15, -0.1) is 5.10 Å². The number of fused-ring (bicyclic) bond motifs is 1. The van der Waals surface area contributed by atoms with E-state index in [1.54, 1.807) is 11.0 Å². The number of amides is 1. The first-order chi connectivity index (χ1) is 12.6. The number of aromatic nitrogens is 3. The van der Waals surface area contributed by atoms with Crippen molar-refractivity contribution < 1.29 is 13.9 Å². The molecule has 27 heavy (non-hydrogen) atoms. The first-order valence-electron chi connectivity index (χ1n) is 9.25. The lowest BCUT2D eigenvalue weighted by atomic mass is 10.00. The zero-order valence-corrected chi connectivity index (χ0v) is 16.8. The predicted octanol–water partition coefficient (Wildman–Crippen LogP) is 4.02. The van der Waals surface area contributed by atoms with Crippen molar-refractivity contribution in [2.24, 2.45) is 0 Å².